The molecule has 0 fully saturated rings. The number of carbonyl (C=O) groups excluding carboxylic acids is 1. The van der Waals surface area contributed by atoms with Crippen LogP contribution in [0.25, 0.3) is 0 Å². The molecule has 1 amide bonds. The number of aromatic nitrogens is 2. The fourth-order valence-corrected chi connectivity index (χ4v) is 3.17. The van der Waals surface area contributed by atoms with Crippen LogP contribution in [-0.4, -0.2) is 26.5 Å². The highest BCUT2D eigenvalue weighted by Crippen LogP contribution is 2.25. The lowest BCUT2D eigenvalue weighted by Gasteiger charge is -2.27. The summed E-state index contributed by atoms with van der Waals surface area (Å²) in [6.45, 7) is 8.80. The summed E-state index contributed by atoms with van der Waals surface area (Å²) in [7, 11) is 0. The molecule has 2 aromatic heterocycles. The van der Waals surface area contributed by atoms with Crippen LogP contribution in [0.4, 0.5) is 0 Å². The minimum absolute atomic E-state index is 0.0155. The summed E-state index contributed by atoms with van der Waals surface area (Å²) in [4.78, 5) is 15.3. The summed E-state index contributed by atoms with van der Waals surface area (Å²) in [5.74, 6) is -0.0860. The van der Waals surface area contributed by atoms with E-state index < -0.39 is 0 Å². The fourth-order valence-electron chi connectivity index (χ4n) is 2.30. The summed E-state index contributed by atoms with van der Waals surface area (Å²) in [5.41, 5.74) is 2.05. The second-order valence-electron chi connectivity index (χ2n) is 5.65. The molecule has 2 aromatic rings. The third-order valence-electron chi connectivity index (χ3n) is 3.80. The molecule has 1 unspecified atom stereocenters. The molecule has 0 radical (unpaired) electrons. The van der Waals surface area contributed by atoms with Gasteiger partial charge < -0.3 is 4.90 Å². The number of hydrogen-bond donors (Lipinski definition) is 0. The number of alkyl halides is 1. The SMILES string of the molecule is Cc1sccc1CN(C(=O)CCl)C(C)c1ccn(C(C)C)n1. The van der Waals surface area contributed by atoms with Crippen molar-refractivity contribution in [2.45, 2.75) is 46.3 Å². The Bertz CT molecular complexity index is 635. The summed E-state index contributed by atoms with van der Waals surface area (Å²) in [5, 5.41) is 6.63. The van der Waals surface area contributed by atoms with E-state index in [2.05, 4.69) is 31.9 Å². The zero-order valence-corrected chi connectivity index (χ0v) is 15.0. The first-order valence-corrected chi connectivity index (χ1v) is 8.79. The first-order valence-electron chi connectivity index (χ1n) is 7.37. The van der Waals surface area contributed by atoms with Gasteiger partial charge in [0.1, 0.15) is 5.88 Å². The van der Waals surface area contributed by atoms with Crippen LogP contribution in [0, 0.1) is 6.92 Å². The monoisotopic (exact) mass is 339 g/mol. The van der Waals surface area contributed by atoms with Gasteiger partial charge in [0, 0.05) is 23.7 Å². The van der Waals surface area contributed by atoms with Gasteiger partial charge in [0.15, 0.2) is 0 Å². The van der Waals surface area contributed by atoms with Gasteiger partial charge >= 0.3 is 0 Å². The van der Waals surface area contributed by atoms with Gasteiger partial charge in [0.2, 0.25) is 5.91 Å². The largest absolute Gasteiger partial charge is 0.329 e. The van der Waals surface area contributed by atoms with Crippen LogP contribution in [0.1, 0.15) is 49.0 Å². The molecule has 2 rings (SSSR count). The highest BCUT2D eigenvalue weighted by atomic mass is 35.5. The molecule has 0 saturated carbocycles. The minimum Gasteiger partial charge on any atom is -0.329 e. The van der Waals surface area contributed by atoms with Crippen LogP contribution in [0.3, 0.4) is 0 Å². The molecule has 0 bridgehead atoms. The summed E-state index contributed by atoms with van der Waals surface area (Å²) in [6, 6.07) is 4.23. The van der Waals surface area contributed by atoms with Gasteiger partial charge in [-0.25, -0.2) is 0 Å². The Balaban J connectivity index is 2.24. The van der Waals surface area contributed by atoms with E-state index in [-0.39, 0.29) is 17.8 Å². The highest BCUT2D eigenvalue weighted by molar-refractivity contribution is 7.10. The molecule has 1 atom stereocenters. The maximum atomic E-state index is 12.3. The lowest BCUT2D eigenvalue weighted by Crippen LogP contribution is -2.34. The number of halogens is 1. The van der Waals surface area contributed by atoms with E-state index in [1.165, 1.54) is 10.4 Å². The van der Waals surface area contributed by atoms with E-state index in [0.717, 1.165) is 5.69 Å². The Kier molecular flexibility index (Phi) is 5.64. The van der Waals surface area contributed by atoms with E-state index in [1.54, 1.807) is 16.2 Å². The number of amides is 1. The van der Waals surface area contributed by atoms with Crippen molar-refractivity contribution in [1.29, 1.82) is 0 Å². The Morgan fingerprint density at radius 1 is 1.41 bits per heavy atom. The van der Waals surface area contributed by atoms with Crippen LogP contribution >= 0.6 is 22.9 Å². The van der Waals surface area contributed by atoms with E-state index >= 15 is 0 Å². The molecule has 2 heterocycles. The predicted molar refractivity (Wildman–Crippen MR) is 91.4 cm³/mol. The molecule has 0 saturated heterocycles. The van der Waals surface area contributed by atoms with Crippen molar-refractivity contribution in [2.24, 2.45) is 0 Å². The number of thiophene rings is 1. The maximum absolute atomic E-state index is 12.3. The topological polar surface area (TPSA) is 38.1 Å². The van der Waals surface area contributed by atoms with E-state index in [0.29, 0.717) is 12.6 Å². The quantitative estimate of drug-likeness (QED) is 0.741. The van der Waals surface area contributed by atoms with Crippen LogP contribution in [-0.2, 0) is 11.3 Å². The van der Waals surface area contributed by atoms with Crippen molar-refractivity contribution in [2.75, 3.05) is 5.88 Å². The molecule has 4 nitrogen and oxygen atoms in total. The lowest BCUT2D eigenvalue weighted by atomic mass is 10.1. The highest BCUT2D eigenvalue weighted by Gasteiger charge is 2.23. The van der Waals surface area contributed by atoms with Crippen molar-refractivity contribution in [3.63, 3.8) is 0 Å². The number of rotatable bonds is 6. The second kappa shape index (κ2) is 7.29. The van der Waals surface area contributed by atoms with Crippen molar-refractivity contribution in [3.8, 4) is 0 Å². The third-order valence-corrected chi connectivity index (χ3v) is 4.91. The molecule has 0 aromatic carbocycles. The van der Waals surface area contributed by atoms with Crippen LogP contribution < -0.4 is 0 Å². The second-order valence-corrected chi connectivity index (χ2v) is 7.04. The normalized spacial score (nSPS) is 12.6. The molecular weight excluding hydrogens is 318 g/mol. The summed E-state index contributed by atoms with van der Waals surface area (Å²) in [6.07, 6.45) is 1.95. The number of hydrogen-bond acceptors (Lipinski definition) is 3. The zero-order chi connectivity index (χ0) is 16.3. The number of aryl methyl sites for hydroxylation is 1. The standard InChI is InChI=1S/C16H22ClN3OS/c1-11(2)20-7-5-15(18-20)12(3)19(16(21)9-17)10-14-6-8-22-13(14)4/h5-8,11-12H,9-10H2,1-4H3. The first-order chi connectivity index (χ1) is 10.4. The first kappa shape index (κ1) is 17.0. The van der Waals surface area contributed by atoms with Gasteiger partial charge in [0.25, 0.3) is 0 Å². The van der Waals surface area contributed by atoms with Crippen LogP contribution in [0.5, 0.6) is 0 Å². The zero-order valence-electron chi connectivity index (χ0n) is 13.4. The average Bonchev–Trinajstić information content (AvgIpc) is 3.12. The summed E-state index contributed by atoms with van der Waals surface area (Å²) >= 11 is 7.49. The van der Waals surface area contributed by atoms with Crippen LogP contribution in [0.15, 0.2) is 23.7 Å². The van der Waals surface area contributed by atoms with Gasteiger partial charge in [0.05, 0.1) is 11.7 Å². The number of nitrogens with zero attached hydrogens (tertiary/aromatic N) is 3. The lowest BCUT2D eigenvalue weighted by molar-refractivity contribution is -0.131. The molecule has 6 heteroatoms. The van der Waals surface area contributed by atoms with Crippen molar-refractivity contribution in [1.82, 2.24) is 14.7 Å². The molecule has 0 aliphatic rings. The molecule has 120 valence electrons. The third kappa shape index (κ3) is 3.70. The van der Waals surface area contributed by atoms with E-state index in [4.69, 9.17) is 11.6 Å². The average molecular weight is 340 g/mol. The smallest absolute Gasteiger partial charge is 0.238 e. The molecule has 0 spiro atoms. The fraction of sp³-hybridized carbons (Fsp3) is 0.500. The summed E-state index contributed by atoms with van der Waals surface area (Å²) < 4.78 is 1.91. The molecule has 22 heavy (non-hydrogen) atoms. The van der Waals surface area contributed by atoms with Gasteiger partial charge in [-0.15, -0.1) is 22.9 Å². The Labute approximate surface area is 140 Å². The minimum atomic E-state index is -0.106. The molecule has 0 aliphatic heterocycles. The van der Waals surface area contributed by atoms with E-state index in [1.807, 2.05) is 29.2 Å². The van der Waals surface area contributed by atoms with Gasteiger partial charge in [-0.2, -0.15) is 5.10 Å². The van der Waals surface area contributed by atoms with Crippen LogP contribution in [0.2, 0.25) is 0 Å². The molecule has 0 N–H and O–H groups in total. The van der Waals surface area contributed by atoms with Gasteiger partial charge in [-0.05, 0) is 50.8 Å². The molecule has 0 aliphatic carbocycles. The van der Waals surface area contributed by atoms with Crippen molar-refractivity contribution < 1.29 is 4.79 Å². The van der Waals surface area contributed by atoms with E-state index in [9.17, 15) is 4.79 Å². The van der Waals surface area contributed by atoms with Crippen molar-refractivity contribution in [3.05, 3.63) is 39.8 Å². The predicted octanol–water partition coefficient (Wildman–Crippen LogP) is 4.16. The maximum Gasteiger partial charge on any atom is 0.238 e. The Hall–Kier alpha value is -1.33. The van der Waals surface area contributed by atoms with Gasteiger partial charge in [-0.3, -0.25) is 9.48 Å². The Morgan fingerprint density at radius 3 is 2.64 bits per heavy atom. The van der Waals surface area contributed by atoms with Crippen molar-refractivity contribution >= 4 is 28.8 Å². The van der Waals surface area contributed by atoms with Gasteiger partial charge in [-0.1, -0.05) is 0 Å². The Morgan fingerprint density at radius 2 is 2.14 bits per heavy atom. The molecular formula is C16H22ClN3OS. The number of carbonyl (C=O) groups is 1.